The highest BCUT2D eigenvalue weighted by molar-refractivity contribution is 5.76. The first-order valence-corrected chi connectivity index (χ1v) is 15.2. The molecule has 224 valence electrons. The highest BCUT2D eigenvalue weighted by atomic mass is 16.4. The minimum absolute atomic E-state index is 0.0747. The van der Waals surface area contributed by atoms with E-state index in [9.17, 15) is 40.5 Å². The third kappa shape index (κ3) is 3.42. The highest BCUT2D eigenvalue weighted by Crippen LogP contribution is 2.89. The Balaban J connectivity index is 1.48. The number of carboxylic acids is 1. The largest absolute Gasteiger partial charge is 0.481 e. The summed E-state index contributed by atoms with van der Waals surface area (Å²) in [4.78, 5) is 12.5. The zero-order valence-corrected chi connectivity index (χ0v) is 24.7. The van der Waals surface area contributed by atoms with E-state index in [0.717, 1.165) is 25.7 Å². The monoisotopic (exact) mass is 552 g/mol. The summed E-state index contributed by atoms with van der Waals surface area (Å²) in [5, 5.41) is 76.9. The maximum absolute atomic E-state index is 12.5. The van der Waals surface area contributed by atoms with Gasteiger partial charge >= 0.3 is 5.97 Å². The molecule has 0 saturated heterocycles. The number of aliphatic hydroxyl groups excluding tert-OH is 4. The third-order valence-electron chi connectivity index (χ3n) is 14.3. The van der Waals surface area contributed by atoms with Crippen molar-refractivity contribution >= 4 is 5.97 Å². The van der Waals surface area contributed by atoms with Gasteiger partial charge in [-0.2, -0.15) is 0 Å². The predicted molar refractivity (Wildman–Crippen MR) is 144 cm³/mol. The van der Waals surface area contributed by atoms with Gasteiger partial charge in [0.25, 0.3) is 0 Å². The van der Waals surface area contributed by atoms with E-state index in [4.69, 9.17) is 0 Å². The zero-order valence-electron chi connectivity index (χ0n) is 24.7. The number of aliphatic hydroxyl groups is 6. The number of hydrogen-bond donors (Lipinski definition) is 7. The van der Waals surface area contributed by atoms with Crippen molar-refractivity contribution in [3.63, 3.8) is 0 Å². The van der Waals surface area contributed by atoms with Crippen LogP contribution >= 0.6 is 0 Å². The summed E-state index contributed by atoms with van der Waals surface area (Å²) in [6.07, 6.45) is 2.21. The number of hydrogen-bond acceptors (Lipinski definition) is 7. The fraction of sp³-hybridized carbons (Fsp3) is 0.968. The summed E-state index contributed by atoms with van der Waals surface area (Å²) in [5.74, 6) is -1.72. The Kier molecular flexibility index (Phi) is 6.58. The molecule has 0 aromatic rings. The Hall–Kier alpha value is -0.770. The van der Waals surface area contributed by atoms with Crippen molar-refractivity contribution in [3.05, 3.63) is 0 Å². The van der Waals surface area contributed by atoms with Gasteiger partial charge in [-0.3, -0.25) is 4.79 Å². The summed E-state index contributed by atoms with van der Waals surface area (Å²) in [5.41, 5.74) is -5.34. The van der Waals surface area contributed by atoms with Crippen LogP contribution in [-0.2, 0) is 4.79 Å². The van der Waals surface area contributed by atoms with E-state index >= 15 is 0 Å². The Labute approximate surface area is 232 Å². The van der Waals surface area contributed by atoms with Gasteiger partial charge in [0.05, 0.1) is 41.5 Å². The predicted octanol–water partition coefficient (Wildman–Crippen LogP) is 2.70. The van der Waals surface area contributed by atoms with Gasteiger partial charge in [0.1, 0.15) is 0 Å². The molecule has 0 heterocycles. The molecular weight excluding hydrogens is 500 g/mol. The second-order valence-electron chi connectivity index (χ2n) is 15.8. The van der Waals surface area contributed by atoms with Crippen molar-refractivity contribution in [3.8, 4) is 0 Å². The van der Waals surface area contributed by atoms with Crippen LogP contribution < -0.4 is 0 Å². The van der Waals surface area contributed by atoms with Gasteiger partial charge in [0, 0.05) is 17.8 Å². The lowest BCUT2D eigenvalue weighted by Crippen LogP contribution is -2.64. The van der Waals surface area contributed by atoms with Crippen molar-refractivity contribution in [2.24, 2.45) is 50.7 Å². The van der Waals surface area contributed by atoms with Crippen LogP contribution in [0.1, 0.15) is 99.3 Å². The molecule has 0 aliphatic heterocycles. The summed E-state index contributed by atoms with van der Waals surface area (Å²) < 4.78 is 0. The number of carboxylic acid groups (broad SMARTS) is 1. The molecule has 8 nitrogen and oxygen atoms in total. The van der Waals surface area contributed by atoms with Crippen LogP contribution in [-0.4, -0.2) is 77.8 Å². The summed E-state index contributed by atoms with van der Waals surface area (Å²) >= 11 is 0. The fourth-order valence-corrected chi connectivity index (χ4v) is 11.7. The molecule has 1 unspecified atom stereocenters. The van der Waals surface area contributed by atoms with E-state index < -0.39 is 57.6 Å². The van der Waals surface area contributed by atoms with E-state index in [1.54, 1.807) is 13.8 Å². The normalized spacial score (nSPS) is 53.6. The molecule has 5 aliphatic carbocycles. The van der Waals surface area contributed by atoms with Crippen LogP contribution in [0.5, 0.6) is 0 Å². The Morgan fingerprint density at radius 3 is 2.13 bits per heavy atom. The Morgan fingerprint density at radius 1 is 0.949 bits per heavy atom. The Bertz CT molecular complexity index is 1010. The first-order chi connectivity index (χ1) is 17.8. The second-order valence-corrected chi connectivity index (χ2v) is 15.8. The van der Waals surface area contributed by atoms with E-state index in [1.807, 2.05) is 13.8 Å². The number of carbonyl (C=O) groups is 1. The minimum Gasteiger partial charge on any atom is -0.481 e. The van der Waals surface area contributed by atoms with Gasteiger partial charge < -0.3 is 35.7 Å². The first kappa shape index (κ1) is 29.7. The molecule has 5 saturated carbocycles. The summed E-state index contributed by atoms with van der Waals surface area (Å²) in [7, 11) is 0. The van der Waals surface area contributed by atoms with Crippen LogP contribution in [0.25, 0.3) is 0 Å². The minimum atomic E-state index is -1.30. The van der Waals surface area contributed by atoms with Gasteiger partial charge in [-0.15, -0.1) is 0 Å². The van der Waals surface area contributed by atoms with Crippen LogP contribution in [0.15, 0.2) is 0 Å². The summed E-state index contributed by atoms with van der Waals surface area (Å²) in [6, 6.07) is 0. The van der Waals surface area contributed by atoms with E-state index in [-0.39, 0.29) is 54.5 Å². The fourth-order valence-electron chi connectivity index (χ4n) is 11.7. The highest BCUT2D eigenvalue weighted by Gasteiger charge is 2.86. The molecule has 0 amide bonds. The molecule has 2 spiro atoms. The molecular formula is C31H52O8. The molecule has 5 fully saturated rings. The van der Waals surface area contributed by atoms with E-state index in [0.29, 0.717) is 12.8 Å². The number of rotatable bonds is 7. The standard InChI is InChI=1S/C31H52O8/c1-17(2)30(39,16-32)12-10-27(5,38)23-18(33)14-26(4)19-7-8-20-28(6,24(36)37)21(34)13-22(35)31(20)15-29(19,31)11-9-25(23,26)3/h17-23,32-35,38-39H,7-16H2,1-6H3,(H,36,37)/t18-,19-,20-,21-,22-,23-,25+,26-,27-,28-,29-,30?,31+/m0/s1. The Morgan fingerprint density at radius 2 is 1.56 bits per heavy atom. The molecule has 0 aromatic carbocycles. The first-order valence-electron chi connectivity index (χ1n) is 15.2. The van der Waals surface area contributed by atoms with Gasteiger partial charge in [-0.05, 0) is 99.2 Å². The topological polar surface area (TPSA) is 159 Å². The molecule has 5 rings (SSSR count). The quantitative estimate of drug-likeness (QED) is 0.254. The van der Waals surface area contributed by atoms with Crippen molar-refractivity contribution in [2.75, 3.05) is 6.61 Å². The average molecular weight is 553 g/mol. The lowest BCUT2D eigenvalue weighted by Gasteiger charge is -2.63. The molecule has 5 aliphatic rings. The average Bonchev–Trinajstić information content (AvgIpc) is 3.48. The zero-order chi connectivity index (χ0) is 29.2. The van der Waals surface area contributed by atoms with Crippen molar-refractivity contribution < 1.29 is 40.5 Å². The third-order valence-corrected chi connectivity index (χ3v) is 14.3. The van der Waals surface area contributed by atoms with Gasteiger partial charge in [0.15, 0.2) is 0 Å². The maximum atomic E-state index is 12.5. The lowest BCUT2D eigenvalue weighted by molar-refractivity contribution is -0.214. The molecule has 8 heteroatoms. The van der Waals surface area contributed by atoms with E-state index in [2.05, 4.69) is 13.8 Å². The SMILES string of the molecule is CC(C)C(O)(CO)CC[C@](C)(O)[C@H]1[C@@H](O)C[C@@]2(C)[C@@H]3CC[C@H]4[C@](C)(C(=O)O)[C@@H](O)C[C@H](O)[C@@]45C[C@@]35CC[C@]12C. The van der Waals surface area contributed by atoms with Crippen molar-refractivity contribution in [1.29, 1.82) is 0 Å². The van der Waals surface area contributed by atoms with Crippen LogP contribution in [0.4, 0.5) is 0 Å². The van der Waals surface area contributed by atoms with Crippen LogP contribution in [0.3, 0.4) is 0 Å². The maximum Gasteiger partial charge on any atom is 0.312 e. The lowest BCUT2D eigenvalue weighted by atomic mass is 9.41. The van der Waals surface area contributed by atoms with E-state index in [1.165, 1.54) is 0 Å². The molecule has 13 atom stereocenters. The molecule has 0 radical (unpaired) electrons. The summed E-state index contributed by atoms with van der Waals surface area (Å²) in [6.45, 7) is 11.2. The van der Waals surface area contributed by atoms with Crippen LogP contribution in [0, 0.1) is 50.7 Å². The molecule has 0 aromatic heterocycles. The van der Waals surface area contributed by atoms with Crippen molar-refractivity contribution in [1.82, 2.24) is 0 Å². The van der Waals surface area contributed by atoms with Crippen molar-refractivity contribution in [2.45, 2.75) is 129 Å². The number of aliphatic carboxylic acids is 1. The van der Waals surface area contributed by atoms with Gasteiger partial charge in [-0.25, -0.2) is 0 Å². The smallest absolute Gasteiger partial charge is 0.312 e. The molecule has 7 N–H and O–H groups in total. The molecule has 39 heavy (non-hydrogen) atoms. The number of fused-ring (bicyclic) bond motifs is 2. The van der Waals surface area contributed by atoms with Gasteiger partial charge in [0.2, 0.25) is 0 Å². The van der Waals surface area contributed by atoms with Crippen LogP contribution in [0.2, 0.25) is 0 Å². The second kappa shape index (κ2) is 8.63. The van der Waals surface area contributed by atoms with Gasteiger partial charge in [-0.1, -0.05) is 27.7 Å². The molecule has 0 bridgehead atoms.